The number of anilines is 2. The summed E-state index contributed by atoms with van der Waals surface area (Å²) in [5, 5.41) is 15.9. The van der Waals surface area contributed by atoms with E-state index in [1.807, 2.05) is 30.5 Å². The Bertz CT molecular complexity index is 1150. The summed E-state index contributed by atoms with van der Waals surface area (Å²) in [6.07, 6.45) is 5.32. The molecule has 0 spiro atoms. The number of aromatic nitrogens is 4. The first-order valence-corrected chi connectivity index (χ1v) is 9.95. The van der Waals surface area contributed by atoms with E-state index < -0.39 is 0 Å². The lowest BCUT2D eigenvalue weighted by molar-refractivity contribution is 0.586. The molecule has 6 nitrogen and oxygen atoms in total. The van der Waals surface area contributed by atoms with E-state index in [-0.39, 0.29) is 5.82 Å². The summed E-state index contributed by atoms with van der Waals surface area (Å²) in [6, 6.07) is 16.0. The van der Waals surface area contributed by atoms with Gasteiger partial charge >= 0.3 is 0 Å². The fraction of sp³-hybridized carbons (Fsp3) is 0.0952. The fourth-order valence-corrected chi connectivity index (χ4v) is 3.24. The SMILES string of the molecule is Fc1ccccc1Cn1ccc(NC(=S)Nc2cnn(Cc3ccc(Cl)cc3)c2)n1. The summed E-state index contributed by atoms with van der Waals surface area (Å²) in [4.78, 5) is 0. The molecule has 0 amide bonds. The van der Waals surface area contributed by atoms with Crippen molar-refractivity contribution in [2.24, 2.45) is 0 Å². The van der Waals surface area contributed by atoms with Crippen LogP contribution in [0.4, 0.5) is 15.9 Å². The Kier molecular flexibility index (Phi) is 6.06. The molecular formula is C21H18ClFN6S. The highest BCUT2D eigenvalue weighted by Gasteiger charge is 2.07. The molecule has 0 fully saturated rings. The lowest BCUT2D eigenvalue weighted by atomic mass is 10.2. The third kappa shape index (κ3) is 5.22. The molecule has 4 rings (SSSR count). The van der Waals surface area contributed by atoms with E-state index in [4.69, 9.17) is 23.8 Å². The molecule has 0 aliphatic carbocycles. The van der Waals surface area contributed by atoms with Gasteiger partial charge in [-0.3, -0.25) is 9.36 Å². The minimum atomic E-state index is -0.254. The maximum atomic E-state index is 13.8. The van der Waals surface area contributed by atoms with Gasteiger partial charge in [0.15, 0.2) is 10.9 Å². The van der Waals surface area contributed by atoms with E-state index in [0.717, 1.165) is 11.3 Å². The molecule has 9 heteroatoms. The van der Waals surface area contributed by atoms with Crippen LogP contribution in [0.3, 0.4) is 0 Å². The van der Waals surface area contributed by atoms with Crippen LogP contribution in [-0.4, -0.2) is 24.7 Å². The van der Waals surface area contributed by atoms with Gasteiger partial charge in [-0.25, -0.2) is 4.39 Å². The number of hydrogen-bond acceptors (Lipinski definition) is 3. The van der Waals surface area contributed by atoms with Crippen molar-refractivity contribution in [1.82, 2.24) is 19.6 Å². The maximum Gasteiger partial charge on any atom is 0.176 e. The Balaban J connectivity index is 1.32. The number of benzene rings is 2. The van der Waals surface area contributed by atoms with Crippen LogP contribution < -0.4 is 10.6 Å². The summed E-state index contributed by atoms with van der Waals surface area (Å²) >= 11 is 11.3. The molecule has 0 saturated carbocycles. The molecule has 0 aliphatic heterocycles. The monoisotopic (exact) mass is 440 g/mol. The molecule has 4 aromatic rings. The molecule has 2 heterocycles. The predicted molar refractivity (Wildman–Crippen MR) is 120 cm³/mol. The molecule has 0 unspecified atom stereocenters. The quantitative estimate of drug-likeness (QED) is 0.423. The standard InChI is InChI=1S/C21H18ClFN6S/c22-17-7-5-15(6-8-17)12-29-14-18(11-24-29)25-21(30)26-20-9-10-28(27-20)13-16-3-1-2-4-19(16)23/h1-11,14H,12-13H2,(H2,25,26,27,30). The number of halogens is 2. The van der Waals surface area contributed by atoms with E-state index in [2.05, 4.69) is 20.8 Å². The van der Waals surface area contributed by atoms with Crippen molar-refractivity contribution in [2.45, 2.75) is 13.1 Å². The van der Waals surface area contributed by atoms with Gasteiger partial charge in [0.25, 0.3) is 0 Å². The van der Waals surface area contributed by atoms with Crippen LogP contribution in [0.1, 0.15) is 11.1 Å². The predicted octanol–water partition coefficient (Wildman–Crippen LogP) is 4.78. The van der Waals surface area contributed by atoms with E-state index in [0.29, 0.717) is 34.6 Å². The van der Waals surface area contributed by atoms with Gasteiger partial charge in [-0.2, -0.15) is 10.2 Å². The highest BCUT2D eigenvalue weighted by Crippen LogP contribution is 2.13. The molecule has 2 aromatic heterocycles. The van der Waals surface area contributed by atoms with Crippen LogP contribution in [-0.2, 0) is 13.1 Å². The number of nitrogens with one attached hydrogen (secondary N) is 2. The van der Waals surface area contributed by atoms with Gasteiger partial charge in [0, 0.05) is 29.0 Å². The second-order valence-electron chi connectivity index (χ2n) is 6.62. The number of hydrogen-bond donors (Lipinski definition) is 2. The van der Waals surface area contributed by atoms with Gasteiger partial charge in [-0.15, -0.1) is 0 Å². The van der Waals surface area contributed by atoms with Crippen molar-refractivity contribution >= 4 is 40.4 Å². The van der Waals surface area contributed by atoms with Crippen LogP contribution in [0.2, 0.25) is 5.02 Å². The normalized spacial score (nSPS) is 10.7. The van der Waals surface area contributed by atoms with E-state index in [1.54, 1.807) is 46.0 Å². The highest BCUT2D eigenvalue weighted by molar-refractivity contribution is 7.80. The number of nitrogens with zero attached hydrogens (tertiary/aromatic N) is 4. The molecule has 2 N–H and O–H groups in total. The van der Waals surface area contributed by atoms with Gasteiger partial charge in [0.2, 0.25) is 0 Å². The Hall–Kier alpha value is -3.23. The first-order chi connectivity index (χ1) is 14.5. The lowest BCUT2D eigenvalue weighted by Gasteiger charge is -2.07. The van der Waals surface area contributed by atoms with Crippen molar-refractivity contribution in [1.29, 1.82) is 0 Å². The molecule has 0 radical (unpaired) electrons. The first-order valence-electron chi connectivity index (χ1n) is 9.17. The van der Waals surface area contributed by atoms with Crippen molar-refractivity contribution in [3.05, 3.63) is 95.2 Å². The van der Waals surface area contributed by atoms with Gasteiger partial charge in [-0.1, -0.05) is 41.9 Å². The second kappa shape index (κ2) is 9.06. The summed E-state index contributed by atoms with van der Waals surface area (Å²) in [7, 11) is 0. The first kappa shape index (κ1) is 20.1. The smallest absolute Gasteiger partial charge is 0.176 e. The lowest BCUT2D eigenvalue weighted by Crippen LogP contribution is -2.19. The zero-order valence-electron chi connectivity index (χ0n) is 15.8. The number of rotatable bonds is 6. The van der Waals surface area contributed by atoms with E-state index in [9.17, 15) is 4.39 Å². The molecular weight excluding hydrogens is 423 g/mol. The van der Waals surface area contributed by atoms with Crippen LogP contribution >= 0.6 is 23.8 Å². The molecule has 0 atom stereocenters. The minimum absolute atomic E-state index is 0.254. The number of thiocarbonyl (C=S) groups is 1. The summed E-state index contributed by atoms with van der Waals surface area (Å²) < 4.78 is 17.2. The minimum Gasteiger partial charge on any atom is -0.330 e. The molecule has 152 valence electrons. The highest BCUT2D eigenvalue weighted by atomic mass is 35.5. The average Bonchev–Trinajstić information content (AvgIpc) is 3.35. The van der Waals surface area contributed by atoms with Gasteiger partial charge in [-0.05, 0) is 36.0 Å². The van der Waals surface area contributed by atoms with Gasteiger partial charge in [0.05, 0.1) is 25.0 Å². The van der Waals surface area contributed by atoms with Crippen LogP contribution in [0.25, 0.3) is 0 Å². The van der Waals surface area contributed by atoms with Crippen LogP contribution in [0, 0.1) is 5.82 Å². The third-order valence-corrected chi connectivity index (χ3v) is 4.78. The average molecular weight is 441 g/mol. The van der Waals surface area contributed by atoms with Gasteiger partial charge < -0.3 is 10.6 Å². The van der Waals surface area contributed by atoms with E-state index in [1.165, 1.54) is 6.07 Å². The molecule has 0 aliphatic rings. The maximum absolute atomic E-state index is 13.8. The van der Waals surface area contributed by atoms with Crippen LogP contribution in [0.5, 0.6) is 0 Å². The Morgan fingerprint density at radius 3 is 2.60 bits per heavy atom. The topological polar surface area (TPSA) is 59.7 Å². The zero-order valence-corrected chi connectivity index (χ0v) is 17.4. The third-order valence-electron chi connectivity index (χ3n) is 4.32. The summed E-state index contributed by atoms with van der Waals surface area (Å²) in [5.41, 5.74) is 2.42. The van der Waals surface area contributed by atoms with E-state index >= 15 is 0 Å². The molecule has 0 saturated heterocycles. The van der Waals surface area contributed by atoms with Crippen molar-refractivity contribution in [3.63, 3.8) is 0 Å². The fourth-order valence-electron chi connectivity index (χ4n) is 2.89. The molecule has 30 heavy (non-hydrogen) atoms. The Morgan fingerprint density at radius 2 is 1.80 bits per heavy atom. The summed E-state index contributed by atoms with van der Waals surface area (Å²) in [5.74, 6) is 0.313. The van der Waals surface area contributed by atoms with Gasteiger partial charge in [0.1, 0.15) is 5.82 Å². The summed E-state index contributed by atoms with van der Waals surface area (Å²) in [6.45, 7) is 0.964. The van der Waals surface area contributed by atoms with Crippen molar-refractivity contribution in [2.75, 3.05) is 10.6 Å². The Labute approximate surface area is 183 Å². The largest absolute Gasteiger partial charge is 0.330 e. The van der Waals surface area contributed by atoms with Crippen LogP contribution in [0.15, 0.2) is 73.2 Å². The van der Waals surface area contributed by atoms with Crippen molar-refractivity contribution < 1.29 is 4.39 Å². The molecule has 0 bridgehead atoms. The van der Waals surface area contributed by atoms with Crippen molar-refractivity contribution in [3.8, 4) is 0 Å². The molecule has 2 aromatic carbocycles. The Morgan fingerprint density at radius 1 is 1.00 bits per heavy atom. The zero-order chi connectivity index (χ0) is 20.9. The second-order valence-corrected chi connectivity index (χ2v) is 7.47.